The highest BCUT2D eigenvalue weighted by atomic mass is 16.5. The third-order valence-electron chi connectivity index (χ3n) is 4.00. The van der Waals surface area contributed by atoms with E-state index in [0.29, 0.717) is 12.7 Å². The van der Waals surface area contributed by atoms with Crippen molar-refractivity contribution in [1.82, 2.24) is 10.2 Å². The third-order valence-corrected chi connectivity index (χ3v) is 4.00. The van der Waals surface area contributed by atoms with Crippen molar-refractivity contribution in [3.8, 4) is 0 Å². The number of benzene rings is 1. The summed E-state index contributed by atoms with van der Waals surface area (Å²) in [6, 6.07) is 10.5. The van der Waals surface area contributed by atoms with Crippen LogP contribution in [0.2, 0.25) is 0 Å². The lowest BCUT2D eigenvalue weighted by atomic mass is 10.0. The summed E-state index contributed by atoms with van der Waals surface area (Å²) < 4.78 is 5.36. The number of carbonyl (C=O) groups excluding carboxylic acids is 1. The number of rotatable bonds is 3. The van der Waals surface area contributed by atoms with Gasteiger partial charge in [-0.3, -0.25) is 10.1 Å². The molecule has 0 bridgehead atoms. The van der Waals surface area contributed by atoms with E-state index in [0.717, 1.165) is 32.5 Å². The topological polar surface area (TPSA) is 41.6 Å². The van der Waals surface area contributed by atoms with E-state index in [1.807, 2.05) is 23.1 Å². The molecule has 1 N–H and O–H groups in total. The molecule has 1 unspecified atom stereocenters. The number of amides is 1. The Balaban J connectivity index is 1.62. The summed E-state index contributed by atoms with van der Waals surface area (Å²) in [6.07, 6.45) is 2.70. The van der Waals surface area contributed by atoms with Gasteiger partial charge in [0.15, 0.2) is 0 Å². The molecule has 0 saturated carbocycles. The Hall–Kier alpha value is -1.39. The summed E-state index contributed by atoms with van der Waals surface area (Å²) in [5.74, 6) is 0.246. The zero-order chi connectivity index (χ0) is 13.1. The van der Waals surface area contributed by atoms with Crippen LogP contribution in [0.1, 0.15) is 18.4 Å². The molecule has 1 amide bonds. The first kappa shape index (κ1) is 12.6. The monoisotopic (exact) mass is 260 g/mol. The van der Waals surface area contributed by atoms with Gasteiger partial charge in [-0.25, -0.2) is 0 Å². The molecular formula is C15H20N2O2. The van der Waals surface area contributed by atoms with Crippen LogP contribution >= 0.6 is 0 Å². The van der Waals surface area contributed by atoms with Gasteiger partial charge in [-0.2, -0.15) is 0 Å². The fourth-order valence-electron chi connectivity index (χ4n) is 2.89. The number of ether oxygens (including phenoxy) is 1. The summed E-state index contributed by atoms with van der Waals surface area (Å²) >= 11 is 0. The van der Waals surface area contributed by atoms with Crippen molar-refractivity contribution < 1.29 is 9.53 Å². The normalized spacial score (nSPS) is 24.9. The molecule has 2 fully saturated rings. The highest BCUT2D eigenvalue weighted by Gasteiger charge is 2.35. The second-order valence-corrected chi connectivity index (χ2v) is 5.26. The molecule has 19 heavy (non-hydrogen) atoms. The Bertz CT molecular complexity index is 429. The van der Waals surface area contributed by atoms with E-state index in [1.165, 1.54) is 5.56 Å². The molecule has 4 heteroatoms. The lowest BCUT2D eigenvalue weighted by Gasteiger charge is -2.30. The van der Waals surface area contributed by atoms with Crippen LogP contribution in [0.5, 0.6) is 0 Å². The standard InChI is InChI=1S/C15H20N2O2/c18-15-14(10-12-4-2-1-3-5-12)16-11-17(15)13-6-8-19-9-7-13/h1-5,13-14,16H,6-11H2. The second-order valence-electron chi connectivity index (χ2n) is 5.26. The average Bonchev–Trinajstić information content (AvgIpc) is 2.82. The van der Waals surface area contributed by atoms with Crippen LogP contribution in [0.15, 0.2) is 30.3 Å². The number of hydrogen-bond donors (Lipinski definition) is 1. The number of hydrogen-bond acceptors (Lipinski definition) is 3. The Labute approximate surface area is 113 Å². The molecule has 2 heterocycles. The number of carbonyl (C=O) groups is 1. The maximum atomic E-state index is 12.4. The minimum Gasteiger partial charge on any atom is -0.381 e. The van der Waals surface area contributed by atoms with Gasteiger partial charge < -0.3 is 9.64 Å². The van der Waals surface area contributed by atoms with Crippen molar-refractivity contribution in [2.75, 3.05) is 19.9 Å². The van der Waals surface area contributed by atoms with Crippen LogP contribution in [0.4, 0.5) is 0 Å². The molecule has 3 rings (SSSR count). The number of nitrogens with zero attached hydrogens (tertiary/aromatic N) is 1. The molecule has 1 aromatic carbocycles. The van der Waals surface area contributed by atoms with E-state index < -0.39 is 0 Å². The summed E-state index contributed by atoms with van der Waals surface area (Å²) in [6.45, 7) is 2.23. The SMILES string of the molecule is O=C1C(Cc2ccccc2)NCN1C1CCOCC1. The first-order chi connectivity index (χ1) is 9.34. The summed E-state index contributed by atoms with van der Waals surface area (Å²) in [4.78, 5) is 14.4. The Morgan fingerprint density at radius 3 is 2.68 bits per heavy atom. The molecule has 2 aliphatic rings. The zero-order valence-corrected chi connectivity index (χ0v) is 11.0. The van der Waals surface area contributed by atoms with E-state index in [-0.39, 0.29) is 11.9 Å². The first-order valence-corrected chi connectivity index (χ1v) is 7.00. The van der Waals surface area contributed by atoms with Crippen LogP contribution in [-0.4, -0.2) is 42.8 Å². The molecule has 0 radical (unpaired) electrons. The zero-order valence-electron chi connectivity index (χ0n) is 11.0. The summed E-state index contributed by atoms with van der Waals surface area (Å²) in [7, 11) is 0. The maximum absolute atomic E-state index is 12.4. The van der Waals surface area contributed by atoms with Gasteiger partial charge in [-0.05, 0) is 24.8 Å². The lowest BCUT2D eigenvalue weighted by Crippen LogP contribution is -2.42. The maximum Gasteiger partial charge on any atom is 0.241 e. The quantitative estimate of drug-likeness (QED) is 0.887. The number of nitrogens with one attached hydrogen (secondary N) is 1. The van der Waals surface area contributed by atoms with Crippen molar-refractivity contribution in [3.05, 3.63) is 35.9 Å². The molecule has 2 aliphatic heterocycles. The van der Waals surface area contributed by atoms with Crippen LogP contribution < -0.4 is 5.32 Å². The van der Waals surface area contributed by atoms with Crippen molar-refractivity contribution >= 4 is 5.91 Å². The van der Waals surface area contributed by atoms with Crippen molar-refractivity contribution in [1.29, 1.82) is 0 Å². The van der Waals surface area contributed by atoms with Crippen LogP contribution in [0, 0.1) is 0 Å². The average molecular weight is 260 g/mol. The Morgan fingerprint density at radius 1 is 1.21 bits per heavy atom. The van der Waals surface area contributed by atoms with E-state index in [4.69, 9.17) is 4.74 Å². The fraction of sp³-hybridized carbons (Fsp3) is 0.533. The molecule has 4 nitrogen and oxygen atoms in total. The van der Waals surface area contributed by atoms with Gasteiger partial charge in [0.05, 0.1) is 12.7 Å². The van der Waals surface area contributed by atoms with E-state index in [1.54, 1.807) is 0 Å². The highest BCUT2D eigenvalue weighted by Crippen LogP contribution is 2.19. The van der Waals surface area contributed by atoms with Gasteiger partial charge in [0, 0.05) is 19.3 Å². The lowest BCUT2D eigenvalue weighted by molar-refractivity contribution is -0.132. The van der Waals surface area contributed by atoms with Crippen LogP contribution in [0.3, 0.4) is 0 Å². The summed E-state index contributed by atoms with van der Waals surface area (Å²) in [5.41, 5.74) is 1.21. The molecule has 0 aromatic heterocycles. The predicted octanol–water partition coefficient (Wildman–Crippen LogP) is 1.17. The molecule has 0 spiro atoms. The molecule has 102 valence electrons. The highest BCUT2D eigenvalue weighted by molar-refractivity contribution is 5.84. The van der Waals surface area contributed by atoms with Crippen LogP contribution in [-0.2, 0) is 16.0 Å². The van der Waals surface area contributed by atoms with Gasteiger partial charge >= 0.3 is 0 Å². The van der Waals surface area contributed by atoms with Crippen LogP contribution in [0.25, 0.3) is 0 Å². The molecule has 0 aliphatic carbocycles. The Morgan fingerprint density at radius 2 is 1.95 bits per heavy atom. The first-order valence-electron chi connectivity index (χ1n) is 7.00. The van der Waals surface area contributed by atoms with Gasteiger partial charge in [0.2, 0.25) is 5.91 Å². The second kappa shape index (κ2) is 5.72. The minimum atomic E-state index is -0.0646. The minimum absolute atomic E-state index is 0.0646. The molecule has 2 saturated heterocycles. The van der Waals surface area contributed by atoms with Gasteiger partial charge in [0.25, 0.3) is 0 Å². The van der Waals surface area contributed by atoms with Gasteiger partial charge in [0.1, 0.15) is 0 Å². The van der Waals surface area contributed by atoms with Gasteiger partial charge in [-0.15, -0.1) is 0 Å². The van der Waals surface area contributed by atoms with Crippen molar-refractivity contribution in [2.45, 2.75) is 31.3 Å². The summed E-state index contributed by atoms with van der Waals surface area (Å²) in [5, 5.41) is 3.34. The van der Waals surface area contributed by atoms with Crippen molar-refractivity contribution in [3.63, 3.8) is 0 Å². The Kier molecular flexibility index (Phi) is 3.80. The fourth-order valence-corrected chi connectivity index (χ4v) is 2.89. The van der Waals surface area contributed by atoms with Gasteiger partial charge in [-0.1, -0.05) is 30.3 Å². The molecule has 1 aromatic rings. The van der Waals surface area contributed by atoms with E-state index in [9.17, 15) is 4.79 Å². The smallest absolute Gasteiger partial charge is 0.241 e. The van der Waals surface area contributed by atoms with Crippen molar-refractivity contribution in [2.24, 2.45) is 0 Å². The van der Waals surface area contributed by atoms with E-state index in [2.05, 4.69) is 17.4 Å². The largest absolute Gasteiger partial charge is 0.381 e. The third kappa shape index (κ3) is 2.80. The molecule has 1 atom stereocenters. The molecular weight excluding hydrogens is 240 g/mol. The predicted molar refractivity (Wildman–Crippen MR) is 72.6 cm³/mol. The van der Waals surface area contributed by atoms with E-state index >= 15 is 0 Å².